The Balaban J connectivity index is 4.77. The van der Waals surface area contributed by atoms with E-state index in [0.717, 1.165) is 0 Å². The van der Waals surface area contributed by atoms with E-state index < -0.39 is 41.8 Å². The molecule has 10 heteroatoms. The lowest BCUT2D eigenvalue weighted by atomic mass is 10.0. The van der Waals surface area contributed by atoms with Crippen LogP contribution in [0.1, 0.15) is 53.4 Å². The first kappa shape index (κ1) is 26.8. The summed E-state index contributed by atoms with van der Waals surface area (Å²) in [4.78, 5) is 47.9. The molecule has 168 valence electrons. The van der Waals surface area contributed by atoms with Crippen molar-refractivity contribution in [2.75, 3.05) is 13.1 Å². The zero-order valence-corrected chi connectivity index (χ0v) is 17.9. The third-order valence-corrected chi connectivity index (χ3v) is 4.36. The van der Waals surface area contributed by atoms with Crippen LogP contribution >= 0.6 is 0 Å². The molecule has 0 spiro atoms. The zero-order valence-electron chi connectivity index (χ0n) is 17.9. The molecule has 0 aliphatic rings. The van der Waals surface area contributed by atoms with E-state index in [1.165, 1.54) is 0 Å². The van der Waals surface area contributed by atoms with Crippen LogP contribution in [0, 0.1) is 11.8 Å². The Bertz CT molecular complexity index is 553. The number of aliphatic carboxylic acids is 1. The summed E-state index contributed by atoms with van der Waals surface area (Å²) >= 11 is 0. The second-order valence-corrected chi connectivity index (χ2v) is 7.92. The van der Waals surface area contributed by atoms with Crippen LogP contribution in [0.2, 0.25) is 0 Å². The number of carboxylic acid groups (broad SMARTS) is 1. The maximum absolute atomic E-state index is 12.5. The fourth-order valence-electron chi connectivity index (χ4n) is 2.56. The van der Waals surface area contributed by atoms with E-state index in [-0.39, 0.29) is 24.8 Å². The fraction of sp³-hybridized carbons (Fsp3) is 0.789. The zero-order chi connectivity index (χ0) is 22.6. The fourth-order valence-corrected chi connectivity index (χ4v) is 2.56. The van der Waals surface area contributed by atoms with E-state index in [4.69, 9.17) is 11.5 Å². The Morgan fingerprint density at radius 2 is 1.55 bits per heavy atom. The van der Waals surface area contributed by atoms with Gasteiger partial charge in [0.05, 0.1) is 12.6 Å². The Morgan fingerprint density at radius 3 is 2.03 bits per heavy atom. The minimum Gasteiger partial charge on any atom is -0.480 e. The molecule has 0 bridgehead atoms. The second-order valence-electron chi connectivity index (χ2n) is 7.92. The molecule has 29 heavy (non-hydrogen) atoms. The van der Waals surface area contributed by atoms with Crippen LogP contribution in [0.4, 0.5) is 0 Å². The molecule has 10 nitrogen and oxygen atoms in total. The van der Waals surface area contributed by atoms with Crippen molar-refractivity contribution in [3.8, 4) is 0 Å². The average Bonchev–Trinajstić information content (AvgIpc) is 2.63. The van der Waals surface area contributed by atoms with Crippen LogP contribution < -0.4 is 27.4 Å². The molecule has 0 radical (unpaired) electrons. The summed E-state index contributed by atoms with van der Waals surface area (Å²) in [6, 6.07) is -2.62. The standard InChI is InChI=1S/C19H37N5O5/c1-11(2)9-14(24-18(27)16(21)12(3)4)17(26)22-10-15(25)23-13(19(28)29)7-5-6-8-20/h11-14,16H,5-10,20-21H2,1-4H3,(H,22,26)(H,23,25)(H,24,27)(H,28,29)/t13-,14-,16-/m0/s1. The van der Waals surface area contributed by atoms with Crippen molar-refractivity contribution in [2.45, 2.75) is 71.5 Å². The molecule has 0 aliphatic heterocycles. The van der Waals surface area contributed by atoms with Crippen molar-refractivity contribution in [3.05, 3.63) is 0 Å². The Labute approximate surface area is 172 Å². The SMILES string of the molecule is CC(C)C[C@H](NC(=O)[C@@H](N)C(C)C)C(=O)NCC(=O)N[C@@H](CCCCN)C(=O)O. The number of carbonyl (C=O) groups excluding carboxylic acids is 3. The molecule has 0 heterocycles. The van der Waals surface area contributed by atoms with Gasteiger partial charge < -0.3 is 32.5 Å². The normalized spacial score (nSPS) is 14.2. The van der Waals surface area contributed by atoms with Gasteiger partial charge in [-0.3, -0.25) is 14.4 Å². The van der Waals surface area contributed by atoms with E-state index in [2.05, 4.69) is 16.0 Å². The number of amides is 3. The first-order valence-electron chi connectivity index (χ1n) is 10.0. The van der Waals surface area contributed by atoms with E-state index >= 15 is 0 Å². The maximum atomic E-state index is 12.5. The lowest BCUT2D eigenvalue weighted by molar-refractivity contribution is -0.142. The molecule has 0 unspecified atom stereocenters. The van der Waals surface area contributed by atoms with Crippen LogP contribution in [0.15, 0.2) is 0 Å². The minimum absolute atomic E-state index is 0.0873. The molecule has 0 saturated carbocycles. The topological polar surface area (TPSA) is 177 Å². The predicted octanol–water partition coefficient (Wildman–Crippen LogP) is -0.685. The largest absolute Gasteiger partial charge is 0.480 e. The van der Waals surface area contributed by atoms with Crippen LogP contribution in [0.5, 0.6) is 0 Å². The Kier molecular flexibility index (Phi) is 12.8. The lowest BCUT2D eigenvalue weighted by Gasteiger charge is -2.23. The summed E-state index contributed by atoms with van der Waals surface area (Å²) < 4.78 is 0. The monoisotopic (exact) mass is 415 g/mol. The van der Waals surface area contributed by atoms with Gasteiger partial charge in [-0.25, -0.2) is 4.79 Å². The number of hydrogen-bond donors (Lipinski definition) is 6. The van der Waals surface area contributed by atoms with Crippen LogP contribution in [0.25, 0.3) is 0 Å². The number of unbranched alkanes of at least 4 members (excludes halogenated alkanes) is 1. The van der Waals surface area contributed by atoms with Gasteiger partial charge >= 0.3 is 5.97 Å². The van der Waals surface area contributed by atoms with Crippen LogP contribution in [-0.2, 0) is 19.2 Å². The molecule has 0 aliphatic carbocycles. The highest BCUT2D eigenvalue weighted by Gasteiger charge is 2.26. The highest BCUT2D eigenvalue weighted by Crippen LogP contribution is 2.07. The van der Waals surface area contributed by atoms with Crippen molar-refractivity contribution in [3.63, 3.8) is 0 Å². The summed E-state index contributed by atoms with van der Waals surface area (Å²) in [6.07, 6.45) is 1.86. The molecular formula is C19H37N5O5. The van der Waals surface area contributed by atoms with Gasteiger partial charge in [0.2, 0.25) is 17.7 Å². The van der Waals surface area contributed by atoms with Crippen molar-refractivity contribution in [1.29, 1.82) is 0 Å². The molecule has 0 aromatic rings. The third kappa shape index (κ3) is 11.4. The molecular weight excluding hydrogens is 378 g/mol. The molecule has 0 aromatic carbocycles. The molecule has 0 fully saturated rings. The van der Waals surface area contributed by atoms with Gasteiger partial charge in [0.25, 0.3) is 0 Å². The van der Waals surface area contributed by atoms with Gasteiger partial charge in [-0.1, -0.05) is 27.7 Å². The Morgan fingerprint density at radius 1 is 0.931 bits per heavy atom. The first-order valence-corrected chi connectivity index (χ1v) is 10.0. The summed E-state index contributed by atoms with van der Waals surface area (Å²) in [7, 11) is 0. The molecule has 3 amide bonds. The highest BCUT2D eigenvalue weighted by atomic mass is 16.4. The van der Waals surface area contributed by atoms with Crippen molar-refractivity contribution in [1.82, 2.24) is 16.0 Å². The van der Waals surface area contributed by atoms with E-state index in [0.29, 0.717) is 25.8 Å². The van der Waals surface area contributed by atoms with E-state index in [1.54, 1.807) is 13.8 Å². The molecule has 3 atom stereocenters. The van der Waals surface area contributed by atoms with Crippen LogP contribution in [0.3, 0.4) is 0 Å². The number of nitrogens with two attached hydrogens (primary N) is 2. The number of rotatable bonds is 14. The van der Waals surface area contributed by atoms with Gasteiger partial charge in [0.15, 0.2) is 0 Å². The van der Waals surface area contributed by atoms with Gasteiger partial charge in [0, 0.05) is 0 Å². The van der Waals surface area contributed by atoms with Crippen molar-refractivity contribution < 1.29 is 24.3 Å². The van der Waals surface area contributed by atoms with E-state index in [9.17, 15) is 24.3 Å². The highest BCUT2D eigenvalue weighted by molar-refractivity contribution is 5.92. The van der Waals surface area contributed by atoms with Crippen molar-refractivity contribution in [2.24, 2.45) is 23.3 Å². The van der Waals surface area contributed by atoms with E-state index in [1.807, 2.05) is 13.8 Å². The summed E-state index contributed by atoms with van der Waals surface area (Å²) in [5.74, 6) is -2.68. The Hall–Kier alpha value is -2.20. The maximum Gasteiger partial charge on any atom is 0.326 e. The molecule has 0 aromatic heterocycles. The number of carboxylic acids is 1. The number of hydrogen-bond acceptors (Lipinski definition) is 6. The van der Waals surface area contributed by atoms with Gasteiger partial charge in [-0.05, 0) is 44.1 Å². The lowest BCUT2D eigenvalue weighted by Crippen LogP contribution is -2.54. The molecule has 8 N–H and O–H groups in total. The average molecular weight is 416 g/mol. The van der Waals surface area contributed by atoms with Crippen molar-refractivity contribution >= 4 is 23.7 Å². The van der Waals surface area contributed by atoms with Gasteiger partial charge in [0.1, 0.15) is 12.1 Å². The van der Waals surface area contributed by atoms with Gasteiger partial charge in [-0.15, -0.1) is 0 Å². The first-order chi connectivity index (χ1) is 13.5. The third-order valence-electron chi connectivity index (χ3n) is 4.36. The second kappa shape index (κ2) is 13.9. The summed E-state index contributed by atoms with van der Waals surface area (Å²) in [5, 5.41) is 16.7. The minimum atomic E-state index is -1.14. The number of carbonyl (C=O) groups is 4. The quantitative estimate of drug-likeness (QED) is 0.203. The molecule has 0 rings (SSSR count). The van der Waals surface area contributed by atoms with Gasteiger partial charge in [-0.2, -0.15) is 0 Å². The smallest absolute Gasteiger partial charge is 0.326 e. The number of nitrogens with one attached hydrogen (secondary N) is 3. The van der Waals surface area contributed by atoms with Crippen LogP contribution in [-0.4, -0.2) is 60.0 Å². The molecule has 0 saturated heterocycles. The summed E-state index contributed by atoms with van der Waals surface area (Å²) in [5.41, 5.74) is 11.2. The predicted molar refractivity (Wildman–Crippen MR) is 110 cm³/mol. The summed E-state index contributed by atoms with van der Waals surface area (Å²) in [6.45, 7) is 7.47.